The Hall–Kier alpha value is -4.70. The Morgan fingerprint density at radius 2 is 1.74 bits per heavy atom. The van der Waals surface area contributed by atoms with Crippen molar-refractivity contribution in [2.75, 3.05) is 44.2 Å². The Kier molecular flexibility index (Phi) is 12.1. The number of aromatic amines is 1. The molecule has 3 atom stereocenters. The number of carbonyl (C=O) groups is 2. The van der Waals surface area contributed by atoms with Crippen LogP contribution in [0.25, 0.3) is 22.0 Å². The largest absolute Gasteiger partial charge is 0.355 e. The zero-order valence-electron chi connectivity index (χ0n) is 33.3. The molecule has 1 aliphatic heterocycles. The van der Waals surface area contributed by atoms with Gasteiger partial charge in [0.05, 0.1) is 0 Å². The van der Waals surface area contributed by atoms with Gasteiger partial charge in [-0.25, -0.2) is 4.98 Å². The van der Waals surface area contributed by atoms with Gasteiger partial charge in [-0.15, -0.1) is 0 Å². The predicted molar refractivity (Wildman–Crippen MR) is 219 cm³/mol. The van der Waals surface area contributed by atoms with E-state index in [1.165, 1.54) is 12.0 Å². The number of allylic oxidation sites excluding steroid dienone is 1. The van der Waals surface area contributed by atoms with E-state index in [2.05, 4.69) is 88.7 Å². The van der Waals surface area contributed by atoms with E-state index in [1.54, 1.807) is 0 Å². The second kappa shape index (κ2) is 16.8. The molecule has 1 saturated carbocycles. The van der Waals surface area contributed by atoms with E-state index in [0.717, 1.165) is 90.2 Å². The molecule has 6 rings (SSSR count). The number of hydrogen-bond donors (Lipinski definition) is 3. The lowest BCUT2D eigenvalue weighted by Gasteiger charge is -2.35. The van der Waals surface area contributed by atoms with Crippen molar-refractivity contribution in [1.29, 1.82) is 0 Å². The molecule has 2 fully saturated rings. The highest BCUT2D eigenvalue weighted by Crippen LogP contribution is 2.37. The minimum atomic E-state index is -0.219. The fourth-order valence-corrected chi connectivity index (χ4v) is 8.62. The molecule has 3 aromatic heterocycles. The van der Waals surface area contributed by atoms with Crippen molar-refractivity contribution >= 4 is 28.5 Å². The summed E-state index contributed by atoms with van der Waals surface area (Å²) in [5, 5.41) is 7.12. The Morgan fingerprint density at radius 3 is 2.41 bits per heavy atom. The molecule has 0 bridgehead atoms. The van der Waals surface area contributed by atoms with Gasteiger partial charge in [-0.05, 0) is 119 Å². The van der Waals surface area contributed by atoms with Crippen molar-refractivity contribution in [2.24, 2.45) is 17.8 Å². The van der Waals surface area contributed by atoms with E-state index < -0.39 is 0 Å². The quantitative estimate of drug-likeness (QED) is 0.134. The SMILES string of the molecule is C=C1CC(C)CC(C(C)CC(=O)NCCN2CCN(c3ccc(-c4cc(C(=O)NCc5c(C)cc(C)[nH]c5=O)c5c(C)cn(C(C)C)c5c4)cn3)CC2)C1. The van der Waals surface area contributed by atoms with E-state index in [9.17, 15) is 14.4 Å². The zero-order valence-corrected chi connectivity index (χ0v) is 33.3. The first-order valence-electron chi connectivity index (χ1n) is 19.8. The summed E-state index contributed by atoms with van der Waals surface area (Å²) in [6.45, 7) is 24.0. The van der Waals surface area contributed by atoms with Crippen LogP contribution < -0.4 is 21.1 Å². The van der Waals surface area contributed by atoms with Crippen LogP contribution in [0, 0.1) is 38.5 Å². The van der Waals surface area contributed by atoms with E-state index >= 15 is 0 Å². The van der Waals surface area contributed by atoms with Crippen LogP contribution >= 0.6 is 0 Å². The number of carbonyl (C=O) groups excluding carboxylic acids is 2. The van der Waals surface area contributed by atoms with E-state index in [-0.39, 0.29) is 30.0 Å². The lowest BCUT2D eigenvalue weighted by atomic mass is 9.73. The Balaban J connectivity index is 1.07. The number of hydrogen-bond acceptors (Lipinski definition) is 6. The molecule has 10 nitrogen and oxygen atoms in total. The number of H-pyrrole nitrogens is 1. The minimum absolute atomic E-state index is 0.143. The average Bonchev–Trinajstić information content (AvgIpc) is 3.47. The normalized spacial score (nSPS) is 18.7. The maximum absolute atomic E-state index is 13.9. The summed E-state index contributed by atoms with van der Waals surface area (Å²) in [6.07, 6.45) is 7.97. The van der Waals surface area contributed by atoms with Gasteiger partial charge in [-0.1, -0.05) is 26.0 Å². The second-order valence-corrected chi connectivity index (χ2v) is 16.4. The fourth-order valence-electron chi connectivity index (χ4n) is 8.62. The molecule has 4 aromatic rings. The summed E-state index contributed by atoms with van der Waals surface area (Å²) in [5.41, 5.74) is 7.81. The highest BCUT2D eigenvalue weighted by Gasteiger charge is 2.27. The third kappa shape index (κ3) is 8.97. The maximum atomic E-state index is 13.9. The second-order valence-electron chi connectivity index (χ2n) is 16.4. The third-order valence-corrected chi connectivity index (χ3v) is 11.6. The number of rotatable bonds is 12. The molecule has 0 spiro atoms. The van der Waals surface area contributed by atoms with Gasteiger partial charge in [0.25, 0.3) is 11.5 Å². The molecule has 1 aliphatic carbocycles. The number of aromatic nitrogens is 3. The summed E-state index contributed by atoms with van der Waals surface area (Å²) in [5.74, 6) is 2.47. The van der Waals surface area contributed by atoms with E-state index in [1.807, 2.05) is 39.1 Å². The molecular formula is C44H59N7O3. The van der Waals surface area contributed by atoms with Crippen molar-refractivity contribution in [1.82, 2.24) is 30.1 Å². The molecule has 288 valence electrons. The molecule has 2 amide bonds. The van der Waals surface area contributed by atoms with Crippen molar-refractivity contribution < 1.29 is 9.59 Å². The minimum Gasteiger partial charge on any atom is -0.355 e. The molecular weight excluding hydrogens is 675 g/mol. The van der Waals surface area contributed by atoms with Crippen molar-refractivity contribution in [2.45, 2.75) is 86.7 Å². The standard InChI is InChI=1S/C44H59N7O3/c1-27(2)51-26-32(7)42-37(43(53)47-25-38-31(6)20-33(8)48-44(38)54)22-36(23-39(42)51)34-9-10-40(46-24-34)50-15-13-49(14-16-50)12-11-45-41(52)21-30(5)35-18-28(3)17-29(4)19-35/h9-10,20,22-24,26-27,29-30,35H,3,11-19,21,25H2,1-2,4-8H3,(H,45,52)(H,47,53)(H,48,54). The smallest absolute Gasteiger partial charge is 0.253 e. The molecule has 3 N–H and O–H groups in total. The molecule has 1 saturated heterocycles. The number of amides is 2. The Morgan fingerprint density at radius 1 is 0.981 bits per heavy atom. The van der Waals surface area contributed by atoms with Crippen molar-refractivity contribution in [3.05, 3.63) is 93.2 Å². The first-order valence-corrected chi connectivity index (χ1v) is 19.8. The molecule has 10 heteroatoms. The van der Waals surface area contributed by atoms with Gasteiger partial charge in [0.1, 0.15) is 5.82 Å². The molecule has 1 aromatic carbocycles. The van der Waals surface area contributed by atoms with Gasteiger partial charge in [-0.3, -0.25) is 19.3 Å². The van der Waals surface area contributed by atoms with Gasteiger partial charge in [0, 0.05) is 104 Å². The van der Waals surface area contributed by atoms with Crippen LogP contribution in [-0.2, 0) is 11.3 Å². The van der Waals surface area contributed by atoms with Crippen molar-refractivity contribution in [3.63, 3.8) is 0 Å². The monoisotopic (exact) mass is 733 g/mol. The van der Waals surface area contributed by atoms with Gasteiger partial charge in [0.15, 0.2) is 0 Å². The molecule has 0 radical (unpaired) electrons. The zero-order chi connectivity index (χ0) is 38.7. The number of anilines is 1. The van der Waals surface area contributed by atoms with Crippen LogP contribution in [0.4, 0.5) is 5.82 Å². The first kappa shape index (κ1) is 39.0. The average molecular weight is 734 g/mol. The number of pyridine rings is 2. The van der Waals surface area contributed by atoms with Crippen LogP contribution in [0.15, 0.2) is 59.7 Å². The number of fused-ring (bicyclic) bond motifs is 1. The number of piperazine rings is 1. The van der Waals surface area contributed by atoms with Crippen LogP contribution in [0.3, 0.4) is 0 Å². The first-order chi connectivity index (χ1) is 25.8. The highest BCUT2D eigenvalue weighted by molar-refractivity contribution is 6.09. The summed E-state index contributed by atoms with van der Waals surface area (Å²) in [4.78, 5) is 51.7. The summed E-state index contributed by atoms with van der Waals surface area (Å²) < 4.78 is 2.21. The molecule has 54 heavy (non-hydrogen) atoms. The van der Waals surface area contributed by atoms with E-state index in [0.29, 0.717) is 41.8 Å². The number of benzene rings is 1. The van der Waals surface area contributed by atoms with Crippen LogP contribution in [0.2, 0.25) is 0 Å². The number of nitrogens with zero attached hydrogens (tertiary/aromatic N) is 4. The Labute approximate surface area is 320 Å². The predicted octanol–water partition coefficient (Wildman–Crippen LogP) is 7.08. The van der Waals surface area contributed by atoms with Gasteiger partial charge in [-0.2, -0.15) is 0 Å². The maximum Gasteiger partial charge on any atom is 0.253 e. The number of nitrogens with one attached hydrogen (secondary N) is 3. The van der Waals surface area contributed by atoms with Gasteiger partial charge < -0.3 is 25.1 Å². The topological polar surface area (TPSA) is 115 Å². The molecule has 3 unspecified atom stereocenters. The van der Waals surface area contributed by atoms with E-state index in [4.69, 9.17) is 4.98 Å². The Bertz CT molecular complexity index is 2050. The molecule has 4 heterocycles. The summed E-state index contributed by atoms with van der Waals surface area (Å²) in [7, 11) is 0. The van der Waals surface area contributed by atoms with Crippen LogP contribution in [0.1, 0.15) is 92.2 Å². The van der Waals surface area contributed by atoms with Gasteiger partial charge >= 0.3 is 0 Å². The highest BCUT2D eigenvalue weighted by atomic mass is 16.2. The molecule has 2 aliphatic rings. The lowest BCUT2D eigenvalue weighted by molar-refractivity contribution is -0.122. The fraction of sp³-hybridized carbons (Fsp3) is 0.500. The summed E-state index contributed by atoms with van der Waals surface area (Å²) >= 11 is 0. The number of aryl methyl sites for hydroxylation is 3. The van der Waals surface area contributed by atoms with Crippen LogP contribution in [0.5, 0.6) is 0 Å². The van der Waals surface area contributed by atoms with Gasteiger partial charge in [0.2, 0.25) is 5.91 Å². The van der Waals surface area contributed by atoms with Crippen LogP contribution in [-0.4, -0.2) is 70.5 Å². The third-order valence-electron chi connectivity index (χ3n) is 11.6. The summed E-state index contributed by atoms with van der Waals surface area (Å²) in [6, 6.07) is 10.4. The lowest BCUT2D eigenvalue weighted by Crippen LogP contribution is -2.48. The van der Waals surface area contributed by atoms with Crippen molar-refractivity contribution in [3.8, 4) is 11.1 Å².